The summed E-state index contributed by atoms with van der Waals surface area (Å²) in [7, 11) is 1.62. The van der Waals surface area contributed by atoms with Gasteiger partial charge in [-0.05, 0) is 41.5 Å². The molecule has 0 bridgehead atoms. The number of nitrogens with zero attached hydrogens (tertiary/aromatic N) is 1. The zero-order valence-electron chi connectivity index (χ0n) is 15.0. The maximum absolute atomic E-state index is 5.91. The molecule has 0 aliphatic carbocycles. The summed E-state index contributed by atoms with van der Waals surface area (Å²) >= 11 is 3.41. The van der Waals surface area contributed by atoms with E-state index >= 15 is 0 Å². The summed E-state index contributed by atoms with van der Waals surface area (Å²) in [6.07, 6.45) is 1.66. The van der Waals surface area contributed by atoms with Crippen molar-refractivity contribution in [2.45, 2.75) is 13.2 Å². The summed E-state index contributed by atoms with van der Waals surface area (Å²) in [6, 6.07) is 23.6. The van der Waals surface area contributed by atoms with Gasteiger partial charge in [-0.3, -0.25) is 0 Å². The number of hydrogen-bond donors (Lipinski definition) is 0. The summed E-state index contributed by atoms with van der Waals surface area (Å²) < 4.78 is 12.3. The minimum atomic E-state index is 0.414. The van der Waals surface area contributed by atoms with Crippen molar-refractivity contribution in [3.05, 3.63) is 94.0 Å². The first kappa shape index (κ1) is 19.0. The van der Waals surface area contributed by atoms with E-state index in [4.69, 9.17) is 14.3 Å². The standard InChI is InChI=1S/C22H20BrNO3/c1-25-21-12-9-19(13-22(21)26-15-17-5-3-2-4-6-17)14-24-27-16-18-7-10-20(23)11-8-18/h2-14H,15-16H2,1H3/b24-14+. The third-order valence-corrected chi connectivity index (χ3v) is 4.37. The second kappa shape index (κ2) is 9.78. The minimum Gasteiger partial charge on any atom is -0.493 e. The molecule has 3 aromatic carbocycles. The molecule has 0 amide bonds. The molecular weight excluding hydrogens is 406 g/mol. The van der Waals surface area contributed by atoms with E-state index in [0.717, 1.165) is 21.2 Å². The lowest BCUT2D eigenvalue weighted by Crippen LogP contribution is -1.98. The Balaban J connectivity index is 1.60. The van der Waals surface area contributed by atoms with Gasteiger partial charge in [0.2, 0.25) is 0 Å². The van der Waals surface area contributed by atoms with Crippen LogP contribution in [0.4, 0.5) is 0 Å². The predicted octanol–water partition coefficient (Wildman–Crippen LogP) is 5.59. The van der Waals surface area contributed by atoms with E-state index in [1.165, 1.54) is 0 Å². The summed E-state index contributed by atoms with van der Waals surface area (Å²) in [4.78, 5) is 5.37. The van der Waals surface area contributed by atoms with Crippen molar-refractivity contribution in [3.8, 4) is 11.5 Å². The molecule has 0 heterocycles. The zero-order chi connectivity index (χ0) is 18.9. The summed E-state index contributed by atoms with van der Waals surface area (Å²) in [5.74, 6) is 1.34. The fraction of sp³-hybridized carbons (Fsp3) is 0.136. The van der Waals surface area contributed by atoms with Crippen LogP contribution in [0.5, 0.6) is 11.5 Å². The van der Waals surface area contributed by atoms with Gasteiger partial charge in [-0.25, -0.2) is 0 Å². The van der Waals surface area contributed by atoms with Crippen LogP contribution in [0.2, 0.25) is 0 Å². The van der Waals surface area contributed by atoms with Crippen molar-refractivity contribution < 1.29 is 14.3 Å². The lowest BCUT2D eigenvalue weighted by Gasteiger charge is -2.11. The number of ether oxygens (including phenoxy) is 2. The third kappa shape index (κ3) is 5.86. The van der Waals surface area contributed by atoms with E-state index in [2.05, 4.69) is 21.1 Å². The van der Waals surface area contributed by atoms with E-state index in [-0.39, 0.29) is 0 Å². The zero-order valence-corrected chi connectivity index (χ0v) is 16.6. The molecule has 0 aromatic heterocycles. The van der Waals surface area contributed by atoms with Gasteiger partial charge in [0.05, 0.1) is 13.3 Å². The van der Waals surface area contributed by atoms with Crippen LogP contribution in [0, 0.1) is 0 Å². The van der Waals surface area contributed by atoms with Gasteiger partial charge in [-0.15, -0.1) is 0 Å². The Labute approximate surface area is 167 Å². The monoisotopic (exact) mass is 425 g/mol. The van der Waals surface area contributed by atoms with Crippen LogP contribution >= 0.6 is 15.9 Å². The Morgan fingerprint density at radius 3 is 2.33 bits per heavy atom. The van der Waals surface area contributed by atoms with Crippen molar-refractivity contribution in [3.63, 3.8) is 0 Å². The van der Waals surface area contributed by atoms with Crippen LogP contribution in [-0.2, 0) is 18.1 Å². The molecule has 5 heteroatoms. The molecule has 0 saturated carbocycles. The summed E-state index contributed by atoms with van der Waals surface area (Å²) in [5, 5.41) is 4.04. The molecule has 138 valence electrons. The van der Waals surface area contributed by atoms with Gasteiger partial charge in [0, 0.05) is 10.0 Å². The Morgan fingerprint density at radius 1 is 0.852 bits per heavy atom. The van der Waals surface area contributed by atoms with E-state index in [0.29, 0.717) is 24.7 Å². The molecule has 3 aromatic rings. The van der Waals surface area contributed by atoms with E-state index in [1.54, 1.807) is 13.3 Å². The normalized spacial score (nSPS) is 10.7. The highest BCUT2D eigenvalue weighted by atomic mass is 79.9. The fourth-order valence-corrected chi connectivity index (χ4v) is 2.68. The fourth-order valence-electron chi connectivity index (χ4n) is 2.41. The highest BCUT2D eigenvalue weighted by Gasteiger charge is 2.06. The van der Waals surface area contributed by atoms with Crippen LogP contribution in [0.25, 0.3) is 0 Å². The van der Waals surface area contributed by atoms with Crippen molar-refractivity contribution >= 4 is 22.1 Å². The first-order valence-corrected chi connectivity index (χ1v) is 9.28. The van der Waals surface area contributed by atoms with Crippen molar-refractivity contribution in [1.82, 2.24) is 0 Å². The van der Waals surface area contributed by atoms with Gasteiger partial charge in [-0.1, -0.05) is 63.6 Å². The average molecular weight is 426 g/mol. The molecule has 0 N–H and O–H groups in total. The first-order valence-electron chi connectivity index (χ1n) is 8.49. The second-order valence-electron chi connectivity index (χ2n) is 5.82. The lowest BCUT2D eigenvalue weighted by atomic mass is 10.2. The van der Waals surface area contributed by atoms with Crippen LogP contribution < -0.4 is 9.47 Å². The highest BCUT2D eigenvalue weighted by molar-refractivity contribution is 9.10. The lowest BCUT2D eigenvalue weighted by molar-refractivity contribution is 0.132. The number of methoxy groups -OCH3 is 1. The molecule has 0 saturated heterocycles. The molecule has 0 aliphatic rings. The number of halogens is 1. The molecule has 27 heavy (non-hydrogen) atoms. The van der Waals surface area contributed by atoms with Crippen LogP contribution in [0.3, 0.4) is 0 Å². The Bertz CT molecular complexity index is 880. The Kier molecular flexibility index (Phi) is 6.88. The van der Waals surface area contributed by atoms with Crippen molar-refractivity contribution in [1.29, 1.82) is 0 Å². The molecule has 0 aliphatic heterocycles. The first-order chi connectivity index (χ1) is 13.2. The second-order valence-corrected chi connectivity index (χ2v) is 6.73. The Morgan fingerprint density at radius 2 is 1.59 bits per heavy atom. The van der Waals surface area contributed by atoms with E-state index in [9.17, 15) is 0 Å². The molecular formula is C22H20BrNO3. The van der Waals surface area contributed by atoms with Gasteiger partial charge >= 0.3 is 0 Å². The maximum Gasteiger partial charge on any atom is 0.162 e. The highest BCUT2D eigenvalue weighted by Crippen LogP contribution is 2.28. The molecule has 4 nitrogen and oxygen atoms in total. The predicted molar refractivity (Wildman–Crippen MR) is 110 cm³/mol. The SMILES string of the molecule is COc1ccc(/C=N/OCc2ccc(Br)cc2)cc1OCc1ccccc1. The van der Waals surface area contributed by atoms with Crippen molar-refractivity contribution in [2.24, 2.45) is 5.16 Å². The summed E-state index contributed by atoms with van der Waals surface area (Å²) in [5.41, 5.74) is 3.02. The van der Waals surface area contributed by atoms with Gasteiger partial charge in [-0.2, -0.15) is 0 Å². The summed E-state index contributed by atoms with van der Waals surface area (Å²) in [6.45, 7) is 0.884. The molecule has 0 radical (unpaired) electrons. The molecule has 0 spiro atoms. The number of oxime groups is 1. The topological polar surface area (TPSA) is 40.0 Å². The average Bonchev–Trinajstić information content (AvgIpc) is 2.72. The smallest absolute Gasteiger partial charge is 0.162 e. The number of rotatable bonds is 8. The quantitative estimate of drug-likeness (QED) is 0.348. The van der Waals surface area contributed by atoms with Gasteiger partial charge < -0.3 is 14.3 Å². The number of hydrogen-bond acceptors (Lipinski definition) is 4. The maximum atomic E-state index is 5.91. The van der Waals surface area contributed by atoms with E-state index in [1.807, 2.05) is 72.8 Å². The molecule has 3 rings (SSSR count). The Hall–Kier alpha value is -2.79. The largest absolute Gasteiger partial charge is 0.493 e. The molecule has 0 atom stereocenters. The van der Waals surface area contributed by atoms with Gasteiger partial charge in [0.15, 0.2) is 11.5 Å². The van der Waals surface area contributed by atoms with Crippen LogP contribution in [0.1, 0.15) is 16.7 Å². The molecule has 0 unspecified atom stereocenters. The van der Waals surface area contributed by atoms with Crippen LogP contribution in [0.15, 0.2) is 82.4 Å². The van der Waals surface area contributed by atoms with Gasteiger partial charge in [0.25, 0.3) is 0 Å². The third-order valence-electron chi connectivity index (χ3n) is 3.85. The minimum absolute atomic E-state index is 0.414. The van der Waals surface area contributed by atoms with E-state index < -0.39 is 0 Å². The van der Waals surface area contributed by atoms with Crippen molar-refractivity contribution in [2.75, 3.05) is 7.11 Å². The van der Waals surface area contributed by atoms with Crippen LogP contribution in [-0.4, -0.2) is 13.3 Å². The van der Waals surface area contributed by atoms with Gasteiger partial charge in [0.1, 0.15) is 13.2 Å². The molecule has 0 fully saturated rings. The number of benzene rings is 3.